The molecule has 7 heteroatoms. The molecule has 1 N–H and O–H groups in total. The van der Waals surface area contributed by atoms with E-state index in [1.165, 1.54) is 4.90 Å². The summed E-state index contributed by atoms with van der Waals surface area (Å²) in [5.41, 5.74) is 4.54. The number of amides is 1. The number of benzene rings is 4. The largest absolute Gasteiger partial charge is 0.507 e. The third-order valence-electron chi connectivity index (χ3n) is 7.42. The van der Waals surface area contributed by atoms with Crippen molar-refractivity contribution in [2.75, 3.05) is 11.5 Å². The minimum Gasteiger partial charge on any atom is -0.507 e. The number of Topliss-reactive ketones (excluding diaryl/α,β-unsaturated/α-hetero) is 1. The smallest absolute Gasteiger partial charge is 0.338 e. The molecule has 0 aromatic heterocycles. The number of carbonyl (C=O) groups excluding carboxylic acids is 3. The third-order valence-corrected chi connectivity index (χ3v) is 7.42. The number of anilines is 1. The number of aliphatic hydroxyl groups excluding tert-OH is 1. The van der Waals surface area contributed by atoms with E-state index >= 15 is 0 Å². The van der Waals surface area contributed by atoms with Gasteiger partial charge >= 0.3 is 5.97 Å². The summed E-state index contributed by atoms with van der Waals surface area (Å²) >= 11 is 0. The maximum Gasteiger partial charge on any atom is 0.338 e. The van der Waals surface area contributed by atoms with E-state index in [0.29, 0.717) is 41.3 Å². The van der Waals surface area contributed by atoms with Gasteiger partial charge in [-0.2, -0.15) is 0 Å². The molecule has 4 aromatic rings. The summed E-state index contributed by atoms with van der Waals surface area (Å²) in [5.74, 6) is -1.46. The van der Waals surface area contributed by atoms with Gasteiger partial charge in [0.1, 0.15) is 18.1 Å². The zero-order valence-electron chi connectivity index (χ0n) is 25.2. The molecule has 1 aliphatic rings. The van der Waals surface area contributed by atoms with Gasteiger partial charge in [-0.15, -0.1) is 0 Å². The SMILES string of the molecule is Cc1cccc(C2/C(=C(/O)c3ccc(OCc4ccccc4)c(C)c3)C(=O)C(=O)N2c2ccc(C(=O)OCC(C)C)cc2)c1. The fourth-order valence-corrected chi connectivity index (χ4v) is 5.19. The molecular weight excluding hydrogens is 554 g/mol. The predicted molar refractivity (Wildman–Crippen MR) is 169 cm³/mol. The molecule has 4 aromatic carbocycles. The van der Waals surface area contributed by atoms with Crippen LogP contribution in [0, 0.1) is 19.8 Å². The van der Waals surface area contributed by atoms with Crippen molar-refractivity contribution in [3.63, 3.8) is 0 Å². The fraction of sp³-hybridized carbons (Fsp3) is 0.216. The number of hydrogen-bond acceptors (Lipinski definition) is 6. The molecule has 1 heterocycles. The second kappa shape index (κ2) is 13.0. The second-order valence-electron chi connectivity index (χ2n) is 11.4. The Hall–Kier alpha value is -5.17. The number of rotatable bonds is 9. The Labute approximate surface area is 257 Å². The number of aliphatic hydroxyl groups is 1. The first kappa shape index (κ1) is 30.3. The average molecular weight is 590 g/mol. The van der Waals surface area contributed by atoms with Gasteiger partial charge < -0.3 is 14.6 Å². The van der Waals surface area contributed by atoms with Crippen LogP contribution in [-0.2, 0) is 20.9 Å². The minimum absolute atomic E-state index is 0.0154. The summed E-state index contributed by atoms with van der Waals surface area (Å²) in [6, 6.07) is 27.9. The molecule has 1 atom stereocenters. The van der Waals surface area contributed by atoms with Crippen molar-refractivity contribution in [3.8, 4) is 5.75 Å². The molecule has 0 aliphatic carbocycles. The Morgan fingerprint density at radius 2 is 1.57 bits per heavy atom. The highest BCUT2D eigenvalue weighted by Crippen LogP contribution is 2.42. The van der Waals surface area contributed by atoms with E-state index in [4.69, 9.17) is 9.47 Å². The maximum atomic E-state index is 13.6. The van der Waals surface area contributed by atoms with Gasteiger partial charge in [0.25, 0.3) is 11.7 Å². The Morgan fingerprint density at radius 3 is 2.23 bits per heavy atom. The normalized spacial score (nSPS) is 15.9. The van der Waals surface area contributed by atoms with Crippen LogP contribution in [-0.4, -0.2) is 29.4 Å². The van der Waals surface area contributed by atoms with Gasteiger partial charge in [0.05, 0.1) is 23.8 Å². The standard InChI is InChI=1S/C37H35NO6/c1-23(2)21-44-37(42)27-13-16-30(17-14-27)38-33(28-12-8-9-24(3)19-28)32(35(40)36(38)41)34(39)29-15-18-31(25(4)20-29)43-22-26-10-6-5-7-11-26/h5-20,23,33,39H,21-22H2,1-4H3/b34-32-. The Balaban J connectivity index is 1.51. The van der Waals surface area contributed by atoms with E-state index in [9.17, 15) is 19.5 Å². The maximum absolute atomic E-state index is 13.6. The lowest BCUT2D eigenvalue weighted by molar-refractivity contribution is -0.132. The van der Waals surface area contributed by atoms with Gasteiger partial charge in [-0.3, -0.25) is 14.5 Å². The molecular formula is C37H35NO6. The number of carbonyl (C=O) groups is 3. The molecule has 1 amide bonds. The summed E-state index contributed by atoms with van der Waals surface area (Å²) < 4.78 is 11.3. The van der Waals surface area contributed by atoms with Crippen LogP contribution in [0.1, 0.15) is 58.1 Å². The van der Waals surface area contributed by atoms with Crippen LogP contribution in [0.3, 0.4) is 0 Å². The lowest BCUT2D eigenvalue weighted by atomic mass is 9.93. The van der Waals surface area contributed by atoms with Gasteiger partial charge in [-0.05, 0) is 78.9 Å². The fourth-order valence-electron chi connectivity index (χ4n) is 5.19. The molecule has 224 valence electrons. The van der Waals surface area contributed by atoms with Crippen molar-refractivity contribution in [1.29, 1.82) is 0 Å². The van der Waals surface area contributed by atoms with Gasteiger partial charge in [0.15, 0.2) is 0 Å². The topological polar surface area (TPSA) is 93.1 Å². The van der Waals surface area contributed by atoms with E-state index in [1.807, 2.05) is 82.3 Å². The van der Waals surface area contributed by atoms with Crippen molar-refractivity contribution >= 4 is 29.1 Å². The molecule has 1 unspecified atom stereocenters. The number of nitrogens with zero attached hydrogens (tertiary/aromatic N) is 1. The van der Waals surface area contributed by atoms with Crippen LogP contribution < -0.4 is 9.64 Å². The Kier molecular flexibility index (Phi) is 8.95. The molecule has 0 spiro atoms. The Bertz CT molecular complexity index is 1720. The van der Waals surface area contributed by atoms with E-state index in [1.54, 1.807) is 42.5 Å². The highest BCUT2D eigenvalue weighted by molar-refractivity contribution is 6.51. The quantitative estimate of drug-likeness (QED) is 0.0952. The summed E-state index contributed by atoms with van der Waals surface area (Å²) in [5, 5.41) is 11.6. The molecule has 1 fully saturated rings. The van der Waals surface area contributed by atoms with Crippen LogP contribution in [0.15, 0.2) is 103 Å². The van der Waals surface area contributed by atoms with Crippen molar-refractivity contribution < 1.29 is 29.0 Å². The number of aryl methyl sites for hydroxylation is 2. The molecule has 44 heavy (non-hydrogen) atoms. The zero-order valence-corrected chi connectivity index (χ0v) is 25.2. The van der Waals surface area contributed by atoms with E-state index in [2.05, 4.69) is 0 Å². The monoisotopic (exact) mass is 589 g/mol. The predicted octanol–water partition coefficient (Wildman–Crippen LogP) is 7.32. The van der Waals surface area contributed by atoms with Crippen LogP contribution in [0.4, 0.5) is 5.69 Å². The molecule has 7 nitrogen and oxygen atoms in total. The summed E-state index contributed by atoms with van der Waals surface area (Å²) in [6.07, 6.45) is 0. The lowest BCUT2D eigenvalue weighted by Crippen LogP contribution is -2.29. The van der Waals surface area contributed by atoms with Crippen LogP contribution in [0.2, 0.25) is 0 Å². The first-order valence-corrected chi connectivity index (χ1v) is 14.6. The van der Waals surface area contributed by atoms with Crippen LogP contribution in [0.5, 0.6) is 5.75 Å². The van der Waals surface area contributed by atoms with Gasteiger partial charge in [-0.25, -0.2) is 4.79 Å². The van der Waals surface area contributed by atoms with E-state index < -0.39 is 23.7 Å². The first-order chi connectivity index (χ1) is 21.1. The van der Waals surface area contributed by atoms with Crippen molar-refractivity contribution in [2.45, 2.75) is 40.3 Å². The van der Waals surface area contributed by atoms with E-state index in [0.717, 1.165) is 16.7 Å². The van der Waals surface area contributed by atoms with Crippen molar-refractivity contribution in [2.24, 2.45) is 5.92 Å². The second-order valence-corrected chi connectivity index (χ2v) is 11.4. The van der Waals surface area contributed by atoms with Crippen molar-refractivity contribution in [3.05, 3.63) is 136 Å². The Morgan fingerprint density at radius 1 is 0.864 bits per heavy atom. The molecule has 5 rings (SSSR count). The molecule has 0 bridgehead atoms. The average Bonchev–Trinajstić information content (AvgIpc) is 3.29. The zero-order chi connectivity index (χ0) is 31.4. The van der Waals surface area contributed by atoms with Gasteiger partial charge in [0, 0.05) is 11.3 Å². The lowest BCUT2D eigenvalue weighted by Gasteiger charge is -2.26. The van der Waals surface area contributed by atoms with Crippen molar-refractivity contribution in [1.82, 2.24) is 0 Å². The van der Waals surface area contributed by atoms with Gasteiger partial charge in [0.2, 0.25) is 0 Å². The van der Waals surface area contributed by atoms with Gasteiger partial charge in [-0.1, -0.05) is 74.0 Å². The molecule has 0 radical (unpaired) electrons. The summed E-state index contributed by atoms with van der Waals surface area (Å²) in [7, 11) is 0. The number of hydrogen-bond donors (Lipinski definition) is 1. The highest BCUT2D eigenvalue weighted by Gasteiger charge is 2.47. The van der Waals surface area contributed by atoms with Crippen LogP contribution >= 0.6 is 0 Å². The highest BCUT2D eigenvalue weighted by atomic mass is 16.5. The van der Waals surface area contributed by atoms with Crippen LogP contribution in [0.25, 0.3) is 5.76 Å². The first-order valence-electron chi connectivity index (χ1n) is 14.6. The summed E-state index contributed by atoms with van der Waals surface area (Å²) in [4.78, 5) is 41.0. The molecule has 1 aliphatic heterocycles. The minimum atomic E-state index is -0.886. The molecule has 1 saturated heterocycles. The molecule has 0 saturated carbocycles. The number of ketones is 1. The van der Waals surface area contributed by atoms with E-state index in [-0.39, 0.29) is 17.3 Å². The summed E-state index contributed by atoms with van der Waals surface area (Å²) in [6.45, 7) is 8.37. The third kappa shape index (κ3) is 6.42. The number of esters is 1. The number of ether oxygens (including phenoxy) is 2.